The summed E-state index contributed by atoms with van der Waals surface area (Å²) in [5.41, 5.74) is -0.492. The highest BCUT2D eigenvalue weighted by molar-refractivity contribution is 5.98. The number of ether oxygens (including phenoxy) is 2. The minimum Gasteiger partial charge on any atom is -0.455 e. The van der Waals surface area contributed by atoms with Crippen LogP contribution in [-0.4, -0.2) is 88.1 Å². The quantitative estimate of drug-likeness (QED) is 0.197. The van der Waals surface area contributed by atoms with Gasteiger partial charge in [0.1, 0.15) is 17.7 Å². The maximum absolute atomic E-state index is 14.8. The highest BCUT2D eigenvalue weighted by Crippen LogP contribution is 2.59. The van der Waals surface area contributed by atoms with Crippen LogP contribution < -0.4 is 5.32 Å². The first-order valence-corrected chi connectivity index (χ1v) is 17.8. The van der Waals surface area contributed by atoms with E-state index in [0.717, 1.165) is 32.1 Å². The maximum Gasteiger partial charge on any atom is 0.313 e. The Morgan fingerprint density at radius 3 is 2.50 bits per heavy atom. The molecule has 3 saturated heterocycles. The second-order valence-electron chi connectivity index (χ2n) is 14.3. The van der Waals surface area contributed by atoms with Gasteiger partial charge in [-0.2, -0.15) is 0 Å². The Kier molecular flexibility index (Phi) is 11.8. The number of nitrogens with zero attached hydrogens (tertiary/aromatic N) is 2. The predicted octanol–water partition coefficient (Wildman–Crippen LogP) is 4.48. The van der Waals surface area contributed by atoms with Crippen molar-refractivity contribution in [2.75, 3.05) is 19.7 Å². The van der Waals surface area contributed by atoms with E-state index in [1.807, 2.05) is 49.1 Å². The maximum atomic E-state index is 14.8. The molecule has 1 aromatic rings. The number of carbonyl (C=O) groups excluding carboxylic acids is 4. The molecule has 10 nitrogen and oxygen atoms in total. The summed E-state index contributed by atoms with van der Waals surface area (Å²) in [6, 6.07) is 7.66. The number of esters is 1. The van der Waals surface area contributed by atoms with Gasteiger partial charge >= 0.3 is 5.97 Å². The van der Waals surface area contributed by atoms with E-state index >= 15 is 0 Å². The van der Waals surface area contributed by atoms with Crippen molar-refractivity contribution in [3.05, 3.63) is 61.2 Å². The molecule has 1 spiro atoms. The van der Waals surface area contributed by atoms with Crippen molar-refractivity contribution in [2.45, 2.75) is 114 Å². The highest BCUT2D eigenvalue weighted by Gasteiger charge is 2.75. The third-order valence-corrected chi connectivity index (χ3v) is 10.7. The summed E-state index contributed by atoms with van der Waals surface area (Å²) in [6.07, 6.45) is 9.26. The van der Waals surface area contributed by atoms with Crippen molar-refractivity contribution in [1.29, 1.82) is 0 Å². The number of carbonyl (C=O) groups is 4. The lowest BCUT2D eigenvalue weighted by atomic mass is 9.70. The largest absolute Gasteiger partial charge is 0.455 e. The number of fused-ring (bicyclic) bond motifs is 1. The third kappa shape index (κ3) is 7.10. The number of rotatable bonds is 16. The second-order valence-corrected chi connectivity index (χ2v) is 14.3. The molecule has 0 radical (unpaired) electrons. The van der Waals surface area contributed by atoms with Crippen LogP contribution in [0.5, 0.6) is 0 Å². The molecule has 1 aromatic carbocycles. The molecule has 3 heterocycles. The average Bonchev–Trinajstić information content (AvgIpc) is 3.74. The summed E-state index contributed by atoms with van der Waals surface area (Å²) in [7, 11) is 0. The zero-order chi connectivity index (χ0) is 34.4. The molecule has 262 valence electrons. The Bertz CT molecular complexity index is 1330. The van der Waals surface area contributed by atoms with Gasteiger partial charge in [-0.1, -0.05) is 75.6 Å². The molecule has 0 aromatic heterocycles. The van der Waals surface area contributed by atoms with Crippen molar-refractivity contribution in [1.82, 2.24) is 15.1 Å². The first kappa shape index (κ1) is 35.8. The molecule has 1 aliphatic carbocycles. The van der Waals surface area contributed by atoms with Crippen LogP contribution in [0.2, 0.25) is 0 Å². The van der Waals surface area contributed by atoms with Gasteiger partial charge in [-0.15, -0.1) is 13.2 Å². The molecule has 0 unspecified atom stereocenters. The Labute approximate surface area is 284 Å². The fourth-order valence-electron chi connectivity index (χ4n) is 8.60. The van der Waals surface area contributed by atoms with E-state index in [2.05, 4.69) is 18.5 Å². The van der Waals surface area contributed by atoms with Gasteiger partial charge in [-0.05, 0) is 50.0 Å². The molecule has 3 aliphatic heterocycles. The molecular weight excluding hydrogens is 610 g/mol. The summed E-state index contributed by atoms with van der Waals surface area (Å²) < 4.78 is 12.9. The molecule has 4 fully saturated rings. The van der Waals surface area contributed by atoms with Gasteiger partial charge in [0, 0.05) is 19.0 Å². The summed E-state index contributed by atoms with van der Waals surface area (Å²) in [5, 5.41) is 13.5. The standard InChI is InChI=1S/C38H53N3O7/c1-5-7-18-31(43)39-23-30(26-14-10-8-11-15-26)47-37(46)32-29-19-20-38(48-29)33(32)35(44)41(28(24-42)22-25(3)4)34(38)36(45)40(21-6-2)27-16-12-9-13-17-27/h5-6,8,10-11,14-15,25,27-30,32-34,42H,1-2,7,9,12-13,16-24H2,3-4H3,(H,39,43)/t28-,29-,30-,32+,33+,34-,38+/m1/s1. The molecule has 7 atom stereocenters. The van der Waals surface area contributed by atoms with E-state index in [0.29, 0.717) is 37.8 Å². The van der Waals surface area contributed by atoms with Crippen LogP contribution >= 0.6 is 0 Å². The van der Waals surface area contributed by atoms with Crippen LogP contribution in [-0.2, 0) is 28.7 Å². The zero-order valence-electron chi connectivity index (χ0n) is 28.6. The van der Waals surface area contributed by atoms with E-state index in [1.54, 1.807) is 17.1 Å². The normalized spacial score (nSPS) is 27.8. The zero-order valence-corrected chi connectivity index (χ0v) is 28.6. The number of benzene rings is 1. The topological polar surface area (TPSA) is 125 Å². The van der Waals surface area contributed by atoms with Crippen LogP contribution in [0.1, 0.15) is 89.7 Å². The van der Waals surface area contributed by atoms with Crippen LogP contribution in [0.15, 0.2) is 55.6 Å². The van der Waals surface area contributed by atoms with Gasteiger partial charge in [0.15, 0.2) is 0 Å². The molecular formula is C38H53N3O7. The summed E-state index contributed by atoms with van der Waals surface area (Å²) in [5.74, 6) is -2.99. The molecule has 2 N–H and O–H groups in total. The monoisotopic (exact) mass is 663 g/mol. The summed E-state index contributed by atoms with van der Waals surface area (Å²) >= 11 is 0. The van der Waals surface area contributed by atoms with Gasteiger partial charge in [0.2, 0.25) is 17.7 Å². The Balaban J connectivity index is 1.47. The fourth-order valence-corrected chi connectivity index (χ4v) is 8.60. The van der Waals surface area contributed by atoms with Gasteiger partial charge in [-0.3, -0.25) is 19.2 Å². The number of hydrogen-bond acceptors (Lipinski definition) is 7. The first-order valence-electron chi connectivity index (χ1n) is 17.8. The molecule has 4 aliphatic rings. The lowest BCUT2D eigenvalue weighted by molar-refractivity contribution is -0.161. The van der Waals surface area contributed by atoms with E-state index < -0.39 is 47.7 Å². The second kappa shape index (κ2) is 15.8. The molecule has 1 saturated carbocycles. The van der Waals surface area contributed by atoms with Crippen molar-refractivity contribution in [3.63, 3.8) is 0 Å². The van der Waals surface area contributed by atoms with E-state index in [9.17, 15) is 24.3 Å². The smallest absolute Gasteiger partial charge is 0.313 e. The number of nitrogens with one attached hydrogen (secondary N) is 1. The van der Waals surface area contributed by atoms with Gasteiger partial charge in [-0.25, -0.2) is 0 Å². The molecule has 3 amide bonds. The van der Waals surface area contributed by atoms with E-state index in [-0.39, 0.29) is 49.3 Å². The van der Waals surface area contributed by atoms with Crippen LogP contribution in [0, 0.1) is 17.8 Å². The van der Waals surface area contributed by atoms with Crippen LogP contribution in [0.25, 0.3) is 0 Å². The Hall–Kier alpha value is -3.50. The SMILES string of the molecule is C=CCCC(=O)NC[C@@H](OC(=O)[C@@H]1[C@H]2C(=O)N([C@@H](CO)CC(C)C)[C@H](C(=O)N(CC=C)C3CCCCC3)[C@]23CC[C@H]1O3)c1ccccc1. The van der Waals surface area contributed by atoms with E-state index in [1.165, 1.54) is 0 Å². The van der Waals surface area contributed by atoms with Crippen LogP contribution in [0.4, 0.5) is 0 Å². The van der Waals surface area contributed by atoms with Gasteiger partial charge in [0.05, 0.1) is 37.1 Å². The number of allylic oxidation sites excluding steroid dienone is 1. The lowest BCUT2D eigenvalue weighted by Crippen LogP contribution is -2.60. The molecule has 48 heavy (non-hydrogen) atoms. The predicted molar refractivity (Wildman–Crippen MR) is 181 cm³/mol. The van der Waals surface area contributed by atoms with Crippen molar-refractivity contribution < 1.29 is 33.8 Å². The minimum absolute atomic E-state index is 0.0296. The van der Waals surface area contributed by atoms with Crippen LogP contribution in [0.3, 0.4) is 0 Å². The average molecular weight is 664 g/mol. The van der Waals surface area contributed by atoms with E-state index in [4.69, 9.17) is 9.47 Å². The Morgan fingerprint density at radius 1 is 1.12 bits per heavy atom. The number of likely N-dealkylation sites (tertiary alicyclic amines) is 1. The van der Waals surface area contributed by atoms with Gasteiger partial charge in [0.25, 0.3) is 0 Å². The highest BCUT2D eigenvalue weighted by atomic mass is 16.6. The number of aliphatic hydroxyl groups excluding tert-OH is 1. The molecule has 2 bridgehead atoms. The van der Waals surface area contributed by atoms with Crippen molar-refractivity contribution in [2.24, 2.45) is 17.8 Å². The summed E-state index contributed by atoms with van der Waals surface area (Å²) in [6.45, 7) is 11.8. The first-order chi connectivity index (χ1) is 23.2. The lowest BCUT2D eigenvalue weighted by Gasteiger charge is -2.42. The molecule has 5 rings (SSSR count). The number of aliphatic hydroxyl groups is 1. The third-order valence-electron chi connectivity index (χ3n) is 10.7. The Morgan fingerprint density at radius 2 is 1.85 bits per heavy atom. The fraction of sp³-hybridized carbons (Fsp3) is 0.632. The number of amides is 3. The minimum atomic E-state index is -1.21. The van der Waals surface area contributed by atoms with Crippen molar-refractivity contribution in [3.8, 4) is 0 Å². The number of hydrogen-bond donors (Lipinski definition) is 2. The van der Waals surface area contributed by atoms with Crippen molar-refractivity contribution >= 4 is 23.7 Å². The summed E-state index contributed by atoms with van der Waals surface area (Å²) in [4.78, 5) is 59.7. The molecule has 10 heteroatoms. The van der Waals surface area contributed by atoms with Gasteiger partial charge < -0.3 is 29.7 Å².